The highest BCUT2D eigenvalue weighted by molar-refractivity contribution is 6.29. The molecule has 1 amide bonds. The van der Waals surface area contributed by atoms with E-state index in [2.05, 4.69) is 15.0 Å². The molecule has 0 unspecified atom stereocenters. The number of aromatic nitrogens is 3. The zero-order valence-corrected chi connectivity index (χ0v) is 15.3. The number of nitrogens with two attached hydrogens (primary N) is 1. The molecule has 29 heavy (non-hydrogen) atoms. The molecular weight excluding hydrogens is 402 g/mol. The Labute approximate surface area is 167 Å². The Bertz CT molecular complexity index is 1290. The van der Waals surface area contributed by atoms with Crippen molar-refractivity contribution in [3.8, 4) is 11.1 Å². The van der Waals surface area contributed by atoms with Crippen molar-refractivity contribution < 1.29 is 18.4 Å². The predicted octanol–water partition coefficient (Wildman–Crippen LogP) is 3.89. The largest absolute Gasteiger partial charge is 0.366 e. The highest BCUT2D eigenvalue weighted by Crippen LogP contribution is 2.28. The Morgan fingerprint density at radius 3 is 2.45 bits per heavy atom. The molecule has 1 aromatic carbocycles. The van der Waals surface area contributed by atoms with Gasteiger partial charge in [0.25, 0.3) is 5.91 Å². The molecule has 3 aromatic heterocycles. The maximum Gasteiger partial charge on any atom is 0.251 e. The molecule has 0 atom stereocenters. The van der Waals surface area contributed by atoms with Gasteiger partial charge in [-0.2, -0.15) is 0 Å². The maximum atomic E-state index is 14.6. The van der Waals surface area contributed by atoms with Crippen molar-refractivity contribution in [2.24, 2.45) is 5.73 Å². The van der Waals surface area contributed by atoms with Crippen LogP contribution >= 0.6 is 11.6 Å². The van der Waals surface area contributed by atoms with E-state index in [0.29, 0.717) is 27.3 Å². The van der Waals surface area contributed by atoms with E-state index >= 15 is 0 Å². The number of amides is 1. The molecule has 0 aliphatic heterocycles. The molecule has 0 saturated heterocycles. The topological polar surface area (TPSA) is 102 Å². The van der Waals surface area contributed by atoms with Crippen LogP contribution in [-0.4, -0.2) is 26.6 Å². The highest BCUT2D eigenvalue weighted by atomic mass is 35.5. The van der Waals surface area contributed by atoms with E-state index in [1.807, 2.05) is 0 Å². The van der Waals surface area contributed by atoms with Crippen LogP contribution in [0, 0.1) is 11.6 Å². The minimum atomic E-state index is -1.30. The summed E-state index contributed by atoms with van der Waals surface area (Å²) in [6.07, 6.45) is 4.40. The van der Waals surface area contributed by atoms with Gasteiger partial charge in [-0.05, 0) is 30.3 Å². The lowest BCUT2D eigenvalue weighted by molar-refractivity contribution is 0.0996. The monoisotopic (exact) mass is 412 g/mol. The number of nitrogens with one attached hydrogen (secondary N) is 1. The number of benzene rings is 1. The van der Waals surface area contributed by atoms with Gasteiger partial charge < -0.3 is 10.7 Å². The van der Waals surface area contributed by atoms with Gasteiger partial charge in [0, 0.05) is 40.7 Å². The Hall–Kier alpha value is -3.65. The van der Waals surface area contributed by atoms with Crippen LogP contribution in [0.2, 0.25) is 5.15 Å². The number of ketones is 1. The molecule has 0 spiro atoms. The molecule has 3 N–H and O–H groups in total. The van der Waals surface area contributed by atoms with Gasteiger partial charge in [-0.25, -0.2) is 18.7 Å². The van der Waals surface area contributed by atoms with Crippen LogP contribution in [0.5, 0.6) is 0 Å². The van der Waals surface area contributed by atoms with Crippen LogP contribution in [0.4, 0.5) is 8.78 Å². The van der Waals surface area contributed by atoms with Crippen LogP contribution in [0.1, 0.15) is 26.3 Å². The lowest BCUT2D eigenvalue weighted by Crippen LogP contribution is -2.17. The molecule has 0 bridgehead atoms. The average Bonchev–Trinajstić information content (AvgIpc) is 3.11. The predicted molar refractivity (Wildman–Crippen MR) is 103 cm³/mol. The molecular formula is C20H11ClF2N4O2. The van der Waals surface area contributed by atoms with E-state index in [4.69, 9.17) is 17.3 Å². The van der Waals surface area contributed by atoms with Crippen LogP contribution in [0.3, 0.4) is 0 Å². The molecule has 144 valence electrons. The quantitative estimate of drug-likeness (QED) is 0.392. The van der Waals surface area contributed by atoms with Crippen molar-refractivity contribution in [2.45, 2.75) is 0 Å². The molecule has 4 aromatic rings. The van der Waals surface area contributed by atoms with Gasteiger partial charge in [0.15, 0.2) is 0 Å². The van der Waals surface area contributed by atoms with E-state index in [9.17, 15) is 18.4 Å². The molecule has 4 rings (SSSR count). The minimum absolute atomic E-state index is 0.00399. The second-order valence-electron chi connectivity index (χ2n) is 6.17. The molecule has 9 heteroatoms. The minimum Gasteiger partial charge on any atom is -0.366 e. The first kappa shape index (κ1) is 18.7. The molecule has 0 radical (unpaired) electrons. The van der Waals surface area contributed by atoms with E-state index in [1.54, 1.807) is 24.4 Å². The Morgan fingerprint density at radius 2 is 1.76 bits per heavy atom. The van der Waals surface area contributed by atoms with Crippen LogP contribution in [0.15, 0.2) is 48.9 Å². The number of fused-ring (bicyclic) bond motifs is 1. The number of primary amides is 1. The fourth-order valence-electron chi connectivity index (χ4n) is 2.98. The number of aromatic amines is 1. The summed E-state index contributed by atoms with van der Waals surface area (Å²) < 4.78 is 28.9. The van der Waals surface area contributed by atoms with Gasteiger partial charge in [-0.3, -0.25) is 9.59 Å². The third kappa shape index (κ3) is 3.23. The first-order chi connectivity index (χ1) is 13.9. The fourth-order valence-corrected chi connectivity index (χ4v) is 3.09. The normalized spacial score (nSPS) is 11.0. The second kappa shape index (κ2) is 7.06. The zero-order chi connectivity index (χ0) is 20.7. The first-order valence-corrected chi connectivity index (χ1v) is 8.66. The smallest absolute Gasteiger partial charge is 0.251 e. The summed E-state index contributed by atoms with van der Waals surface area (Å²) >= 11 is 5.80. The van der Waals surface area contributed by atoms with Crippen molar-refractivity contribution in [2.75, 3.05) is 0 Å². The average molecular weight is 413 g/mol. The number of pyridine rings is 2. The van der Waals surface area contributed by atoms with Gasteiger partial charge in [0.1, 0.15) is 22.4 Å². The lowest BCUT2D eigenvalue weighted by Gasteiger charge is -2.07. The van der Waals surface area contributed by atoms with Crippen LogP contribution < -0.4 is 5.73 Å². The lowest BCUT2D eigenvalue weighted by atomic mass is 9.98. The van der Waals surface area contributed by atoms with E-state index in [-0.39, 0.29) is 5.56 Å². The number of H-pyrrole nitrogens is 1. The maximum absolute atomic E-state index is 14.6. The number of halogens is 3. The summed E-state index contributed by atoms with van der Waals surface area (Å²) in [5, 5.41) is 0.673. The summed E-state index contributed by atoms with van der Waals surface area (Å²) in [5.41, 5.74) is 5.33. The number of nitrogens with zero attached hydrogens (tertiary/aromatic N) is 2. The summed E-state index contributed by atoms with van der Waals surface area (Å²) in [5.74, 6) is -4.45. The number of hydrogen-bond acceptors (Lipinski definition) is 4. The van der Waals surface area contributed by atoms with Gasteiger partial charge >= 0.3 is 0 Å². The van der Waals surface area contributed by atoms with E-state index < -0.39 is 34.5 Å². The number of carbonyl (C=O) groups excluding carboxylic acids is 2. The van der Waals surface area contributed by atoms with Crippen LogP contribution in [-0.2, 0) is 0 Å². The zero-order valence-electron chi connectivity index (χ0n) is 14.5. The Morgan fingerprint density at radius 1 is 1.00 bits per heavy atom. The highest BCUT2D eigenvalue weighted by Gasteiger charge is 2.25. The van der Waals surface area contributed by atoms with Crippen molar-refractivity contribution in [3.63, 3.8) is 0 Å². The number of hydrogen-bond donors (Lipinski definition) is 2. The Balaban J connectivity index is 1.86. The van der Waals surface area contributed by atoms with Gasteiger partial charge in [-0.1, -0.05) is 11.6 Å². The fraction of sp³-hybridized carbons (Fsp3) is 0. The van der Waals surface area contributed by atoms with Gasteiger partial charge in [0.2, 0.25) is 5.78 Å². The summed E-state index contributed by atoms with van der Waals surface area (Å²) in [6, 6.07) is 6.69. The van der Waals surface area contributed by atoms with E-state index in [1.165, 1.54) is 12.4 Å². The molecule has 0 aliphatic rings. The molecule has 6 nitrogen and oxygen atoms in total. The van der Waals surface area contributed by atoms with Crippen molar-refractivity contribution in [1.29, 1.82) is 0 Å². The first-order valence-electron chi connectivity index (χ1n) is 8.28. The van der Waals surface area contributed by atoms with Crippen molar-refractivity contribution >= 4 is 34.3 Å². The summed E-state index contributed by atoms with van der Waals surface area (Å²) in [4.78, 5) is 35.3. The number of rotatable bonds is 4. The van der Waals surface area contributed by atoms with E-state index in [0.717, 1.165) is 12.1 Å². The third-order valence-electron chi connectivity index (χ3n) is 4.42. The molecule has 0 aliphatic carbocycles. The summed E-state index contributed by atoms with van der Waals surface area (Å²) in [7, 11) is 0. The van der Waals surface area contributed by atoms with Crippen molar-refractivity contribution in [3.05, 3.63) is 82.4 Å². The van der Waals surface area contributed by atoms with Gasteiger partial charge in [0.05, 0.1) is 11.1 Å². The van der Waals surface area contributed by atoms with Crippen LogP contribution in [0.25, 0.3) is 22.2 Å². The van der Waals surface area contributed by atoms with Crippen molar-refractivity contribution in [1.82, 2.24) is 15.0 Å². The van der Waals surface area contributed by atoms with Gasteiger partial charge in [-0.15, -0.1) is 0 Å². The molecule has 0 saturated carbocycles. The standard InChI is InChI=1S/C20H11ClF2N4O2/c21-15-4-1-9(6-25-15)10-5-12-13(8-27-20(12)26-7-10)18(28)16-14(22)3-2-11(17(16)23)19(24)29/h1-8H,(H2,24,29)(H,26,27). The summed E-state index contributed by atoms with van der Waals surface area (Å²) in [6.45, 7) is 0. The third-order valence-corrected chi connectivity index (χ3v) is 4.64. The number of carbonyl (C=O) groups is 2. The second-order valence-corrected chi connectivity index (χ2v) is 6.56. The molecule has 0 fully saturated rings. The Kier molecular flexibility index (Phi) is 4.56. The SMILES string of the molecule is NC(=O)c1ccc(F)c(C(=O)c2c[nH]c3ncc(-c4ccc(Cl)nc4)cc23)c1F. The molecule has 3 heterocycles.